The monoisotopic (exact) mass is 340 g/mol. The van der Waals surface area contributed by atoms with Crippen LogP contribution in [0, 0.1) is 0 Å². The van der Waals surface area contributed by atoms with Gasteiger partial charge in [-0.05, 0) is 24.3 Å². The Bertz CT molecular complexity index is 893. The fourth-order valence-electron chi connectivity index (χ4n) is 2.52. The minimum Gasteiger partial charge on any atom is -0.369 e. The number of nitrogens with zero attached hydrogens (tertiary/aromatic N) is 2. The van der Waals surface area contributed by atoms with Gasteiger partial charge in [-0.25, -0.2) is 9.97 Å². The highest BCUT2D eigenvalue weighted by atomic mass is 32.2. The van der Waals surface area contributed by atoms with Crippen molar-refractivity contribution in [3.05, 3.63) is 46.8 Å². The summed E-state index contributed by atoms with van der Waals surface area (Å²) in [4.78, 5) is 24.6. The van der Waals surface area contributed by atoms with Gasteiger partial charge in [0.05, 0.1) is 11.2 Å². The topological polar surface area (TPSA) is 70.7 Å². The number of aromatic amines is 1. The van der Waals surface area contributed by atoms with Crippen molar-refractivity contribution in [3.63, 3.8) is 0 Å². The summed E-state index contributed by atoms with van der Waals surface area (Å²) in [5.74, 6) is 0.610. The van der Waals surface area contributed by atoms with E-state index in [1.807, 2.05) is 42.7 Å². The van der Waals surface area contributed by atoms with Crippen LogP contribution in [0.1, 0.15) is 19.8 Å². The number of thioether (sulfide) groups is 1. The highest BCUT2D eigenvalue weighted by Gasteiger charge is 2.13. The van der Waals surface area contributed by atoms with E-state index < -0.39 is 0 Å². The van der Waals surface area contributed by atoms with Crippen molar-refractivity contribution in [3.8, 4) is 11.3 Å². The summed E-state index contributed by atoms with van der Waals surface area (Å²) >= 11 is 1.47. The molecule has 0 fully saturated rings. The van der Waals surface area contributed by atoms with Crippen LogP contribution in [-0.4, -0.2) is 27.8 Å². The molecule has 0 atom stereocenters. The Hall–Kier alpha value is -2.34. The van der Waals surface area contributed by atoms with E-state index in [4.69, 9.17) is 0 Å². The lowest BCUT2D eigenvalue weighted by Gasteiger charge is -2.10. The summed E-state index contributed by atoms with van der Waals surface area (Å²) in [5.41, 5.74) is 2.22. The number of rotatable bonds is 6. The standard InChI is InChI=1S/C18H20N4OS/c1-3-4-10-19-16-15-14(21-18(22-16)24-2)11-13(20-17(15)23)12-8-6-5-7-9-12/h5-9,11H,3-4,10H2,1-2H3,(H,20,23)(H,19,21,22). The molecule has 0 radical (unpaired) electrons. The molecule has 0 bridgehead atoms. The molecular weight excluding hydrogens is 320 g/mol. The van der Waals surface area contributed by atoms with E-state index in [-0.39, 0.29) is 5.56 Å². The lowest BCUT2D eigenvalue weighted by atomic mass is 10.1. The first-order valence-electron chi connectivity index (χ1n) is 8.01. The Balaban J connectivity index is 2.14. The molecule has 6 heteroatoms. The number of unbranched alkanes of at least 4 members (excludes halogenated alkanes) is 1. The van der Waals surface area contributed by atoms with Crippen molar-refractivity contribution in [2.24, 2.45) is 0 Å². The largest absolute Gasteiger partial charge is 0.369 e. The van der Waals surface area contributed by atoms with Crippen molar-refractivity contribution in [2.75, 3.05) is 18.1 Å². The van der Waals surface area contributed by atoms with Crippen LogP contribution in [0.4, 0.5) is 5.82 Å². The van der Waals surface area contributed by atoms with Crippen molar-refractivity contribution in [2.45, 2.75) is 24.9 Å². The average Bonchev–Trinajstić information content (AvgIpc) is 2.62. The number of pyridine rings is 1. The maximum Gasteiger partial charge on any atom is 0.261 e. The van der Waals surface area contributed by atoms with Gasteiger partial charge in [-0.15, -0.1) is 0 Å². The third kappa shape index (κ3) is 3.43. The number of nitrogens with one attached hydrogen (secondary N) is 2. The number of anilines is 1. The maximum atomic E-state index is 12.6. The minimum atomic E-state index is -0.169. The number of hydrogen-bond donors (Lipinski definition) is 2. The fraction of sp³-hybridized carbons (Fsp3) is 0.278. The highest BCUT2D eigenvalue weighted by molar-refractivity contribution is 7.98. The van der Waals surface area contributed by atoms with Crippen LogP contribution < -0.4 is 10.9 Å². The first kappa shape index (κ1) is 16.5. The van der Waals surface area contributed by atoms with Crippen molar-refractivity contribution < 1.29 is 0 Å². The van der Waals surface area contributed by atoms with Crippen LogP contribution >= 0.6 is 11.8 Å². The second-order valence-corrected chi connectivity index (χ2v) is 6.25. The maximum absolute atomic E-state index is 12.6. The fourth-order valence-corrected chi connectivity index (χ4v) is 2.89. The Kier molecular flexibility index (Phi) is 5.15. The molecule has 0 aliphatic rings. The predicted octanol–water partition coefficient (Wildman–Crippen LogP) is 3.92. The van der Waals surface area contributed by atoms with Gasteiger partial charge in [0.15, 0.2) is 5.16 Å². The molecule has 3 rings (SSSR count). The smallest absolute Gasteiger partial charge is 0.261 e. The Morgan fingerprint density at radius 2 is 2.00 bits per heavy atom. The quantitative estimate of drug-likeness (QED) is 0.404. The number of aromatic nitrogens is 3. The van der Waals surface area contributed by atoms with Gasteiger partial charge >= 0.3 is 0 Å². The molecule has 0 saturated carbocycles. The Morgan fingerprint density at radius 3 is 2.71 bits per heavy atom. The SMILES string of the molecule is CCCCNc1nc(SC)nc2cc(-c3ccccc3)[nH]c(=O)c12. The molecule has 1 aromatic carbocycles. The molecular formula is C18H20N4OS. The van der Waals surface area contributed by atoms with Gasteiger partial charge in [0, 0.05) is 6.54 Å². The zero-order valence-corrected chi connectivity index (χ0v) is 14.6. The van der Waals surface area contributed by atoms with Gasteiger partial charge in [-0.1, -0.05) is 55.4 Å². The van der Waals surface area contributed by atoms with Crippen LogP contribution in [0.2, 0.25) is 0 Å². The van der Waals surface area contributed by atoms with Crippen LogP contribution in [0.3, 0.4) is 0 Å². The first-order chi connectivity index (χ1) is 11.7. The van der Waals surface area contributed by atoms with Gasteiger partial charge in [-0.3, -0.25) is 4.79 Å². The molecule has 124 valence electrons. The van der Waals surface area contributed by atoms with E-state index >= 15 is 0 Å². The molecule has 5 nitrogen and oxygen atoms in total. The van der Waals surface area contributed by atoms with E-state index in [9.17, 15) is 4.79 Å². The average molecular weight is 340 g/mol. The Morgan fingerprint density at radius 1 is 1.21 bits per heavy atom. The summed E-state index contributed by atoms with van der Waals surface area (Å²) in [6, 6.07) is 11.7. The predicted molar refractivity (Wildman–Crippen MR) is 101 cm³/mol. The normalized spacial score (nSPS) is 10.9. The second kappa shape index (κ2) is 7.49. The molecule has 0 saturated heterocycles. The molecule has 0 amide bonds. The minimum absolute atomic E-state index is 0.169. The van der Waals surface area contributed by atoms with Crippen molar-refractivity contribution in [1.29, 1.82) is 0 Å². The van der Waals surface area contributed by atoms with Crippen LogP contribution in [0.5, 0.6) is 0 Å². The summed E-state index contributed by atoms with van der Waals surface area (Å²) in [6.07, 6.45) is 4.04. The van der Waals surface area contributed by atoms with Gasteiger partial charge < -0.3 is 10.3 Å². The molecule has 2 heterocycles. The molecule has 2 N–H and O–H groups in total. The molecule has 0 spiro atoms. The first-order valence-corrected chi connectivity index (χ1v) is 9.23. The van der Waals surface area contributed by atoms with Crippen LogP contribution in [0.15, 0.2) is 46.3 Å². The molecule has 0 unspecified atom stereocenters. The van der Waals surface area contributed by atoms with E-state index in [1.54, 1.807) is 0 Å². The summed E-state index contributed by atoms with van der Waals surface area (Å²) in [6.45, 7) is 2.92. The summed E-state index contributed by atoms with van der Waals surface area (Å²) in [7, 11) is 0. The molecule has 0 aliphatic carbocycles. The number of fused-ring (bicyclic) bond motifs is 1. The van der Waals surface area contributed by atoms with E-state index in [1.165, 1.54) is 11.8 Å². The third-order valence-electron chi connectivity index (χ3n) is 3.76. The van der Waals surface area contributed by atoms with E-state index in [2.05, 4.69) is 27.2 Å². The summed E-state index contributed by atoms with van der Waals surface area (Å²) < 4.78 is 0. The molecule has 0 aliphatic heterocycles. The van der Waals surface area contributed by atoms with Gasteiger partial charge in [0.1, 0.15) is 11.2 Å². The lowest BCUT2D eigenvalue weighted by molar-refractivity contribution is 0.828. The molecule has 3 aromatic rings. The zero-order valence-electron chi connectivity index (χ0n) is 13.8. The van der Waals surface area contributed by atoms with Gasteiger partial charge in [-0.2, -0.15) is 0 Å². The highest BCUT2D eigenvalue weighted by Crippen LogP contribution is 2.24. The van der Waals surface area contributed by atoms with Crippen molar-refractivity contribution in [1.82, 2.24) is 15.0 Å². The van der Waals surface area contributed by atoms with Crippen molar-refractivity contribution >= 4 is 28.5 Å². The van der Waals surface area contributed by atoms with Crippen LogP contribution in [-0.2, 0) is 0 Å². The summed E-state index contributed by atoms with van der Waals surface area (Å²) in [5, 5.41) is 4.45. The van der Waals surface area contributed by atoms with E-state index in [0.717, 1.165) is 30.6 Å². The Labute approximate surface area is 144 Å². The second-order valence-electron chi connectivity index (χ2n) is 5.48. The van der Waals surface area contributed by atoms with Gasteiger partial charge in [0.2, 0.25) is 0 Å². The molecule has 24 heavy (non-hydrogen) atoms. The number of hydrogen-bond acceptors (Lipinski definition) is 5. The number of H-pyrrole nitrogens is 1. The van der Waals surface area contributed by atoms with E-state index in [0.29, 0.717) is 21.9 Å². The molecule has 2 aromatic heterocycles. The lowest BCUT2D eigenvalue weighted by Crippen LogP contribution is -2.14. The van der Waals surface area contributed by atoms with Gasteiger partial charge in [0.25, 0.3) is 5.56 Å². The van der Waals surface area contributed by atoms with Crippen LogP contribution in [0.25, 0.3) is 22.2 Å². The number of benzene rings is 1. The zero-order chi connectivity index (χ0) is 16.9. The third-order valence-corrected chi connectivity index (χ3v) is 4.31.